The zero-order valence-electron chi connectivity index (χ0n) is 9.28. The van der Waals surface area contributed by atoms with Gasteiger partial charge in [0.25, 0.3) is 0 Å². The highest BCUT2D eigenvalue weighted by Gasteiger charge is 2.27. The molecule has 0 aliphatic rings. The first kappa shape index (κ1) is 15.0. The first-order chi connectivity index (χ1) is 8.72. The molecule has 8 nitrogen and oxygen atoms in total. The summed E-state index contributed by atoms with van der Waals surface area (Å²) in [6, 6.07) is -1.22. The van der Waals surface area contributed by atoms with Gasteiger partial charge in [0.15, 0.2) is 0 Å². The molecule has 1 heterocycles. The molecule has 0 spiro atoms. The van der Waals surface area contributed by atoms with Crippen molar-refractivity contribution in [2.75, 3.05) is 0 Å². The Morgan fingerprint density at radius 1 is 1.37 bits per heavy atom. The van der Waals surface area contributed by atoms with Crippen LogP contribution in [0.4, 0.5) is 4.39 Å². The molecule has 0 aromatic carbocycles. The third kappa shape index (κ3) is 4.26. The van der Waals surface area contributed by atoms with E-state index >= 15 is 0 Å². The zero-order chi connectivity index (χ0) is 14.6. The summed E-state index contributed by atoms with van der Waals surface area (Å²) in [7, 11) is -4.37. The third-order valence-electron chi connectivity index (χ3n) is 1.96. The average Bonchev–Trinajstić information content (AvgIpc) is 2.27. The molecule has 3 N–H and O–H groups in total. The van der Waals surface area contributed by atoms with Crippen LogP contribution in [-0.2, 0) is 19.6 Å². The summed E-state index contributed by atoms with van der Waals surface area (Å²) in [4.78, 5) is 23.9. The van der Waals surface area contributed by atoms with Crippen LogP contribution in [0.15, 0.2) is 23.4 Å². The smallest absolute Gasteiger partial charge is 0.322 e. The van der Waals surface area contributed by atoms with E-state index < -0.39 is 45.1 Å². The lowest BCUT2D eigenvalue weighted by molar-refractivity contribution is -0.145. The van der Waals surface area contributed by atoms with E-state index in [4.69, 9.17) is 10.2 Å². The summed E-state index contributed by atoms with van der Waals surface area (Å²) in [5.41, 5.74) is 0. The van der Waals surface area contributed by atoms with Crippen LogP contribution in [0.1, 0.15) is 6.42 Å². The monoisotopic (exact) mass is 292 g/mol. The molecule has 0 bridgehead atoms. The van der Waals surface area contributed by atoms with Crippen molar-refractivity contribution in [1.82, 2.24) is 9.71 Å². The van der Waals surface area contributed by atoms with Crippen LogP contribution < -0.4 is 4.72 Å². The van der Waals surface area contributed by atoms with Gasteiger partial charge in [0.2, 0.25) is 10.0 Å². The molecule has 0 aliphatic heterocycles. The van der Waals surface area contributed by atoms with Gasteiger partial charge in [-0.25, -0.2) is 12.8 Å². The van der Waals surface area contributed by atoms with Crippen molar-refractivity contribution in [2.24, 2.45) is 0 Å². The van der Waals surface area contributed by atoms with E-state index in [9.17, 15) is 22.4 Å². The van der Waals surface area contributed by atoms with Gasteiger partial charge in [-0.2, -0.15) is 4.72 Å². The molecule has 1 aromatic rings. The fraction of sp³-hybridized carbons (Fsp3) is 0.222. The highest BCUT2D eigenvalue weighted by molar-refractivity contribution is 7.89. The summed E-state index contributed by atoms with van der Waals surface area (Å²) >= 11 is 0. The summed E-state index contributed by atoms with van der Waals surface area (Å²) in [5, 5.41) is 17.2. The van der Waals surface area contributed by atoms with Gasteiger partial charge in [0, 0.05) is 6.20 Å². The predicted molar refractivity (Wildman–Crippen MR) is 58.2 cm³/mol. The predicted octanol–water partition coefficient (Wildman–Crippen LogP) is -0.573. The van der Waals surface area contributed by atoms with Crippen LogP contribution in [0.3, 0.4) is 0 Å². The molecule has 0 amide bonds. The van der Waals surface area contributed by atoms with Crippen LogP contribution in [0, 0.1) is 5.82 Å². The highest BCUT2D eigenvalue weighted by Crippen LogP contribution is 2.10. The summed E-state index contributed by atoms with van der Waals surface area (Å²) in [5.74, 6) is -4.07. The van der Waals surface area contributed by atoms with Crippen molar-refractivity contribution < 1.29 is 32.6 Å². The fourth-order valence-corrected chi connectivity index (χ4v) is 2.31. The van der Waals surface area contributed by atoms with Crippen molar-refractivity contribution in [3.05, 3.63) is 24.3 Å². The van der Waals surface area contributed by atoms with E-state index in [0.717, 1.165) is 12.4 Å². The number of rotatable bonds is 6. The largest absolute Gasteiger partial charge is 0.481 e. The van der Waals surface area contributed by atoms with Crippen LogP contribution in [0.2, 0.25) is 0 Å². The number of pyridine rings is 1. The molecule has 1 atom stereocenters. The molecule has 0 radical (unpaired) electrons. The van der Waals surface area contributed by atoms with E-state index in [1.54, 1.807) is 4.72 Å². The lowest BCUT2D eigenvalue weighted by Gasteiger charge is -2.12. The number of nitrogens with one attached hydrogen (secondary N) is 1. The quantitative estimate of drug-likeness (QED) is 0.639. The highest BCUT2D eigenvalue weighted by atomic mass is 32.2. The lowest BCUT2D eigenvalue weighted by atomic mass is 10.2. The van der Waals surface area contributed by atoms with Crippen molar-refractivity contribution in [3.63, 3.8) is 0 Å². The topological polar surface area (TPSA) is 134 Å². The molecular weight excluding hydrogens is 283 g/mol. The summed E-state index contributed by atoms with van der Waals surface area (Å²) in [6.45, 7) is 0. The molecule has 0 saturated heterocycles. The Kier molecular flexibility index (Phi) is 4.51. The maximum absolute atomic E-state index is 12.8. The van der Waals surface area contributed by atoms with E-state index in [-0.39, 0.29) is 0 Å². The fourth-order valence-electron chi connectivity index (χ4n) is 1.15. The maximum atomic E-state index is 12.8. The number of carbonyl (C=O) groups is 2. The number of hydrogen-bond acceptors (Lipinski definition) is 5. The molecule has 0 fully saturated rings. The minimum Gasteiger partial charge on any atom is -0.481 e. The second-order valence-corrected chi connectivity index (χ2v) is 5.16. The van der Waals surface area contributed by atoms with Crippen molar-refractivity contribution in [1.29, 1.82) is 0 Å². The second kappa shape index (κ2) is 5.71. The normalized spacial score (nSPS) is 12.9. The molecule has 1 rings (SSSR count). The Bertz CT molecular complexity index is 602. The van der Waals surface area contributed by atoms with Gasteiger partial charge in [-0.15, -0.1) is 0 Å². The summed E-state index contributed by atoms with van der Waals surface area (Å²) in [6.07, 6.45) is 0.632. The number of halogens is 1. The van der Waals surface area contributed by atoms with E-state index in [0.29, 0.717) is 6.07 Å². The number of carboxylic acid groups (broad SMARTS) is 2. The van der Waals surface area contributed by atoms with Gasteiger partial charge in [-0.3, -0.25) is 14.6 Å². The van der Waals surface area contributed by atoms with Gasteiger partial charge in [0.05, 0.1) is 12.6 Å². The SMILES string of the molecule is O=C(O)C[C@H](NS(=O)(=O)c1cncc(F)c1)C(=O)O. The average molecular weight is 292 g/mol. The Hall–Kier alpha value is -2.07. The minimum atomic E-state index is -4.37. The number of aliphatic carboxylic acids is 2. The summed E-state index contributed by atoms with van der Waals surface area (Å²) < 4.78 is 37.9. The van der Waals surface area contributed by atoms with Crippen molar-refractivity contribution in [3.8, 4) is 0 Å². The molecule has 0 unspecified atom stereocenters. The second-order valence-electron chi connectivity index (χ2n) is 3.45. The van der Waals surface area contributed by atoms with Crippen LogP contribution in [0.5, 0.6) is 0 Å². The minimum absolute atomic E-state index is 0.593. The molecular formula is C9H9FN2O6S. The van der Waals surface area contributed by atoms with Crippen LogP contribution >= 0.6 is 0 Å². The Morgan fingerprint density at radius 2 is 2.00 bits per heavy atom. The number of aromatic nitrogens is 1. The van der Waals surface area contributed by atoms with E-state index in [2.05, 4.69) is 4.98 Å². The molecule has 10 heteroatoms. The Morgan fingerprint density at radius 3 is 2.47 bits per heavy atom. The first-order valence-corrected chi connectivity index (χ1v) is 6.28. The van der Waals surface area contributed by atoms with Crippen LogP contribution in [-0.4, -0.2) is 41.6 Å². The van der Waals surface area contributed by atoms with Crippen LogP contribution in [0.25, 0.3) is 0 Å². The van der Waals surface area contributed by atoms with Gasteiger partial charge in [0.1, 0.15) is 16.8 Å². The molecule has 0 saturated carbocycles. The molecule has 1 aromatic heterocycles. The van der Waals surface area contributed by atoms with Gasteiger partial charge >= 0.3 is 11.9 Å². The number of sulfonamides is 1. The Balaban J connectivity index is 3.00. The lowest BCUT2D eigenvalue weighted by Crippen LogP contribution is -2.42. The number of carboxylic acids is 2. The van der Waals surface area contributed by atoms with Crippen molar-refractivity contribution >= 4 is 22.0 Å². The standard InChI is InChI=1S/C9H9FN2O6S/c10-5-1-6(4-11-3-5)19(17,18)12-7(9(15)16)2-8(13)14/h1,3-4,7,12H,2H2,(H,13,14)(H,15,16)/t7-/m0/s1. The van der Waals surface area contributed by atoms with Crippen molar-refractivity contribution in [2.45, 2.75) is 17.4 Å². The molecule has 0 aliphatic carbocycles. The molecule has 19 heavy (non-hydrogen) atoms. The zero-order valence-corrected chi connectivity index (χ0v) is 10.1. The van der Waals surface area contributed by atoms with Gasteiger partial charge in [-0.1, -0.05) is 0 Å². The van der Waals surface area contributed by atoms with E-state index in [1.165, 1.54) is 0 Å². The molecule has 104 valence electrons. The Labute approximate surface area is 106 Å². The van der Waals surface area contributed by atoms with E-state index in [1.807, 2.05) is 0 Å². The van der Waals surface area contributed by atoms with Gasteiger partial charge in [-0.05, 0) is 6.07 Å². The maximum Gasteiger partial charge on any atom is 0.322 e. The number of nitrogens with zero attached hydrogens (tertiary/aromatic N) is 1. The third-order valence-corrected chi connectivity index (χ3v) is 3.40. The van der Waals surface area contributed by atoms with Gasteiger partial charge < -0.3 is 10.2 Å². The first-order valence-electron chi connectivity index (χ1n) is 4.80. The number of hydrogen-bond donors (Lipinski definition) is 3.